The lowest BCUT2D eigenvalue weighted by Crippen LogP contribution is -2.41. The molecule has 0 N–H and O–H groups in total. The average Bonchev–Trinajstić information content (AvgIpc) is 3.20. The van der Waals surface area contributed by atoms with E-state index < -0.39 is 27.9 Å². The molecule has 2 atom stereocenters. The molecule has 0 spiro atoms. The van der Waals surface area contributed by atoms with E-state index in [1.165, 1.54) is 0 Å². The van der Waals surface area contributed by atoms with Crippen molar-refractivity contribution in [1.82, 2.24) is 9.21 Å². The summed E-state index contributed by atoms with van der Waals surface area (Å²) in [7, 11) is -1.70. The van der Waals surface area contributed by atoms with Crippen LogP contribution in [0.2, 0.25) is 0 Å². The van der Waals surface area contributed by atoms with Gasteiger partial charge in [0.15, 0.2) is 0 Å². The Morgan fingerprint density at radius 3 is 2.50 bits per heavy atom. The van der Waals surface area contributed by atoms with E-state index in [1.807, 2.05) is 44.3 Å². The Hall–Kier alpha value is -2.06. The van der Waals surface area contributed by atoms with Gasteiger partial charge in [-0.2, -0.15) is 0 Å². The lowest BCUT2D eigenvalue weighted by atomic mass is 9.96. The average molecular weight is 456 g/mol. The molecule has 0 unspecified atom stereocenters. The van der Waals surface area contributed by atoms with Gasteiger partial charge in [0.25, 0.3) is 0 Å². The predicted octanol–water partition coefficient (Wildman–Crippen LogP) is 2.64. The van der Waals surface area contributed by atoms with E-state index in [2.05, 4.69) is 4.90 Å². The van der Waals surface area contributed by atoms with Crippen LogP contribution in [0.25, 0.3) is 0 Å². The van der Waals surface area contributed by atoms with Gasteiger partial charge in [0, 0.05) is 32.2 Å². The highest BCUT2D eigenvalue weighted by atomic mass is 35.5. The van der Waals surface area contributed by atoms with E-state index >= 15 is 0 Å². The van der Waals surface area contributed by atoms with Gasteiger partial charge in [-0.25, -0.2) is 12.7 Å². The van der Waals surface area contributed by atoms with Gasteiger partial charge in [-0.15, -0.1) is 12.4 Å². The molecule has 1 aromatic carbocycles. The lowest BCUT2D eigenvalue weighted by molar-refractivity contribution is -0.133. The highest BCUT2D eigenvalue weighted by Gasteiger charge is 2.53. The molecule has 0 radical (unpaired) electrons. The maximum Gasteiger partial charge on any atom is 0.246 e. The predicted molar refractivity (Wildman–Crippen MR) is 120 cm³/mol. The van der Waals surface area contributed by atoms with Gasteiger partial charge in [0.05, 0.1) is 23.9 Å². The SMILES string of the molecule is CCC[C@H]1C(=O)N(S(C)(=O)=O)C2=CCN(C(=O)CCCN(C)c3ccccc3)[C@@H]21.Cl. The van der Waals surface area contributed by atoms with Crippen molar-refractivity contribution >= 4 is 39.9 Å². The Morgan fingerprint density at radius 2 is 1.90 bits per heavy atom. The molecule has 0 bridgehead atoms. The minimum atomic E-state index is -3.69. The van der Waals surface area contributed by atoms with Crippen LogP contribution in [0.1, 0.15) is 32.6 Å². The van der Waals surface area contributed by atoms with Crippen molar-refractivity contribution in [2.75, 3.05) is 31.3 Å². The van der Waals surface area contributed by atoms with Gasteiger partial charge in [0.1, 0.15) is 0 Å². The number of carbonyl (C=O) groups excluding carboxylic acids is 2. The molecule has 3 rings (SSSR count). The normalized spacial score (nSPS) is 20.6. The molecule has 2 aliphatic rings. The second-order valence-electron chi connectivity index (χ2n) is 7.74. The first-order valence-corrected chi connectivity index (χ1v) is 11.9. The molecular formula is C21H30ClN3O4S. The first kappa shape index (κ1) is 24.2. The van der Waals surface area contributed by atoms with Crippen LogP contribution in [-0.4, -0.2) is 61.9 Å². The van der Waals surface area contributed by atoms with E-state index in [1.54, 1.807) is 11.0 Å². The third-order valence-corrected chi connectivity index (χ3v) is 6.66. The van der Waals surface area contributed by atoms with Crippen molar-refractivity contribution in [3.8, 4) is 0 Å². The summed E-state index contributed by atoms with van der Waals surface area (Å²) >= 11 is 0. The maximum atomic E-state index is 12.9. The van der Waals surface area contributed by atoms with E-state index in [0.717, 1.165) is 29.2 Å². The molecule has 7 nitrogen and oxygen atoms in total. The number of sulfonamides is 1. The number of para-hydroxylation sites is 1. The maximum absolute atomic E-state index is 12.9. The van der Waals surface area contributed by atoms with Gasteiger partial charge in [-0.1, -0.05) is 31.5 Å². The topological polar surface area (TPSA) is 78.0 Å². The number of carbonyl (C=O) groups is 2. The van der Waals surface area contributed by atoms with Crippen LogP contribution in [0.4, 0.5) is 5.69 Å². The van der Waals surface area contributed by atoms with Crippen molar-refractivity contribution in [3.05, 3.63) is 42.1 Å². The number of fused-ring (bicyclic) bond motifs is 1. The molecular weight excluding hydrogens is 426 g/mol. The summed E-state index contributed by atoms with van der Waals surface area (Å²) in [5, 5.41) is 0. The summed E-state index contributed by atoms with van der Waals surface area (Å²) in [6, 6.07) is 9.51. The smallest absolute Gasteiger partial charge is 0.246 e. The van der Waals surface area contributed by atoms with Crippen LogP contribution in [0.5, 0.6) is 0 Å². The molecule has 9 heteroatoms. The van der Waals surface area contributed by atoms with E-state index in [-0.39, 0.29) is 18.3 Å². The number of amides is 2. The number of benzene rings is 1. The largest absolute Gasteiger partial charge is 0.375 e. The Balaban J connectivity index is 0.00000320. The highest BCUT2D eigenvalue weighted by Crippen LogP contribution is 2.40. The molecule has 30 heavy (non-hydrogen) atoms. The highest BCUT2D eigenvalue weighted by molar-refractivity contribution is 7.89. The molecule has 2 amide bonds. The summed E-state index contributed by atoms with van der Waals surface area (Å²) in [5.74, 6) is -0.932. The van der Waals surface area contributed by atoms with Crippen LogP contribution in [0.15, 0.2) is 42.1 Å². The summed E-state index contributed by atoms with van der Waals surface area (Å²) in [6.45, 7) is 3.05. The van der Waals surface area contributed by atoms with Crippen LogP contribution in [-0.2, 0) is 19.6 Å². The fourth-order valence-electron chi connectivity index (χ4n) is 4.25. The van der Waals surface area contributed by atoms with Gasteiger partial charge in [-0.05, 0) is 31.1 Å². The lowest BCUT2D eigenvalue weighted by Gasteiger charge is -2.27. The van der Waals surface area contributed by atoms with Gasteiger partial charge in [-0.3, -0.25) is 9.59 Å². The molecule has 0 saturated carbocycles. The Labute approximate surface area is 185 Å². The second kappa shape index (κ2) is 9.83. The van der Waals surface area contributed by atoms with Crippen LogP contribution >= 0.6 is 12.4 Å². The fourth-order valence-corrected chi connectivity index (χ4v) is 5.28. The first-order valence-electron chi connectivity index (χ1n) is 10.1. The third kappa shape index (κ3) is 4.81. The van der Waals surface area contributed by atoms with Crippen molar-refractivity contribution < 1.29 is 18.0 Å². The molecule has 2 aliphatic heterocycles. The summed E-state index contributed by atoms with van der Waals surface area (Å²) in [4.78, 5) is 29.4. The first-order chi connectivity index (χ1) is 13.8. The zero-order valence-corrected chi connectivity index (χ0v) is 19.3. The number of anilines is 1. The van der Waals surface area contributed by atoms with Crippen molar-refractivity contribution in [2.45, 2.75) is 38.6 Å². The van der Waals surface area contributed by atoms with E-state index in [0.29, 0.717) is 31.5 Å². The molecule has 166 valence electrons. The minimum Gasteiger partial charge on any atom is -0.375 e. The molecule has 0 aromatic heterocycles. The number of hydrogen-bond donors (Lipinski definition) is 0. The summed E-state index contributed by atoms with van der Waals surface area (Å²) in [5.41, 5.74) is 1.55. The Bertz CT molecular complexity index is 904. The summed E-state index contributed by atoms with van der Waals surface area (Å²) < 4.78 is 25.2. The summed E-state index contributed by atoms with van der Waals surface area (Å²) in [6.07, 6.45) is 5.12. The second-order valence-corrected chi connectivity index (χ2v) is 9.57. The number of hydrogen-bond acceptors (Lipinski definition) is 5. The van der Waals surface area contributed by atoms with Gasteiger partial charge >= 0.3 is 0 Å². The van der Waals surface area contributed by atoms with E-state index in [9.17, 15) is 18.0 Å². The van der Waals surface area contributed by atoms with Crippen LogP contribution in [0, 0.1) is 5.92 Å². The molecule has 0 aliphatic carbocycles. The molecule has 1 aromatic rings. The number of nitrogens with zero attached hydrogens (tertiary/aromatic N) is 3. The molecule has 1 saturated heterocycles. The van der Waals surface area contributed by atoms with Crippen molar-refractivity contribution in [2.24, 2.45) is 5.92 Å². The third-order valence-electron chi connectivity index (χ3n) is 5.60. The Kier molecular flexibility index (Phi) is 7.93. The number of halogens is 1. The monoisotopic (exact) mass is 455 g/mol. The van der Waals surface area contributed by atoms with Crippen molar-refractivity contribution in [3.63, 3.8) is 0 Å². The Morgan fingerprint density at radius 1 is 1.23 bits per heavy atom. The standard InChI is InChI=1S/C21H29N3O4S.ClH/c1-4-9-17-20-18(24(21(17)26)29(3,27)28)13-15-23(20)19(25)12-8-14-22(2)16-10-6-5-7-11-16;/h5-7,10-11,13,17,20H,4,8-9,12,14-15H2,1-3H3;1H/t17-,20-;/m1./s1. The molecule has 1 fully saturated rings. The van der Waals surface area contributed by atoms with E-state index in [4.69, 9.17) is 0 Å². The van der Waals surface area contributed by atoms with Crippen LogP contribution < -0.4 is 4.90 Å². The van der Waals surface area contributed by atoms with Gasteiger partial charge < -0.3 is 9.80 Å². The van der Waals surface area contributed by atoms with Crippen molar-refractivity contribution in [1.29, 1.82) is 0 Å². The zero-order valence-electron chi connectivity index (χ0n) is 17.7. The quantitative estimate of drug-likeness (QED) is 0.602. The zero-order chi connectivity index (χ0) is 21.2. The number of rotatable bonds is 8. The fraction of sp³-hybridized carbons (Fsp3) is 0.524. The van der Waals surface area contributed by atoms with Gasteiger partial charge in [0.2, 0.25) is 21.8 Å². The van der Waals surface area contributed by atoms with Crippen LogP contribution in [0.3, 0.4) is 0 Å². The molecule has 2 heterocycles. The minimum absolute atomic E-state index is 0.